The number of hydrogen-bond donors (Lipinski definition) is 3. The number of phenols is 1. The SMILES string of the molecule is CCOC(=O)c1c(NC(=O)c2ccc(O)cc2)sc(C(=O)Nc2ccccc2)c1C. The number of thiophene rings is 1. The molecule has 30 heavy (non-hydrogen) atoms. The molecule has 0 unspecified atom stereocenters. The Bertz CT molecular complexity index is 1070. The first-order chi connectivity index (χ1) is 14.4. The number of benzene rings is 2. The van der Waals surface area contributed by atoms with E-state index in [0.717, 1.165) is 11.3 Å². The van der Waals surface area contributed by atoms with Crippen molar-refractivity contribution in [2.24, 2.45) is 0 Å². The third-order valence-electron chi connectivity index (χ3n) is 4.22. The highest BCUT2D eigenvalue weighted by atomic mass is 32.1. The molecule has 1 aromatic heterocycles. The van der Waals surface area contributed by atoms with Crippen LogP contribution in [-0.2, 0) is 4.74 Å². The lowest BCUT2D eigenvalue weighted by Crippen LogP contribution is -2.15. The first kappa shape index (κ1) is 21.1. The molecule has 154 valence electrons. The van der Waals surface area contributed by atoms with Crippen molar-refractivity contribution in [3.63, 3.8) is 0 Å². The summed E-state index contributed by atoms with van der Waals surface area (Å²) in [7, 11) is 0. The fourth-order valence-corrected chi connectivity index (χ4v) is 3.85. The molecule has 0 saturated heterocycles. The van der Waals surface area contributed by atoms with Gasteiger partial charge >= 0.3 is 5.97 Å². The Morgan fingerprint density at radius 2 is 1.63 bits per heavy atom. The maximum absolute atomic E-state index is 12.8. The highest BCUT2D eigenvalue weighted by Gasteiger charge is 2.27. The molecule has 0 bridgehead atoms. The highest BCUT2D eigenvalue weighted by molar-refractivity contribution is 7.19. The Balaban J connectivity index is 1.93. The molecule has 3 rings (SSSR count). The van der Waals surface area contributed by atoms with Crippen LogP contribution in [0, 0.1) is 6.92 Å². The second kappa shape index (κ2) is 9.23. The molecule has 3 aromatic rings. The van der Waals surface area contributed by atoms with E-state index in [-0.39, 0.29) is 28.8 Å². The van der Waals surface area contributed by atoms with E-state index >= 15 is 0 Å². The lowest BCUT2D eigenvalue weighted by molar-refractivity contribution is 0.0527. The first-order valence-corrected chi connectivity index (χ1v) is 9.99. The number of esters is 1. The van der Waals surface area contributed by atoms with Gasteiger partial charge in [-0.15, -0.1) is 11.3 Å². The molecule has 3 N–H and O–H groups in total. The molecule has 0 aliphatic carbocycles. The van der Waals surface area contributed by atoms with Crippen LogP contribution < -0.4 is 10.6 Å². The van der Waals surface area contributed by atoms with Gasteiger partial charge in [-0.05, 0) is 55.8 Å². The Kier molecular flexibility index (Phi) is 6.48. The zero-order valence-corrected chi connectivity index (χ0v) is 17.2. The lowest BCUT2D eigenvalue weighted by atomic mass is 10.1. The van der Waals surface area contributed by atoms with E-state index in [9.17, 15) is 19.5 Å². The normalized spacial score (nSPS) is 10.3. The Morgan fingerprint density at radius 3 is 2.27 bits per heavy atom. The van der Waals surface area contributed by atoms with Crippen LogP contribution in [0.2, 0.25) is 0 Å². The van der Waals surface area contributed by atoms with E-state index in [1.165, 1.54) is 24.3 Å². The Labute approximate surface area is 177 Å². The second-order valence-electron chi connectivity index (χ2n) is 6.30. The number of nitrogens with one attached hydrogen (secondary N) is 2. The minimum absolute atomic E-state index is 0.0330. The molecule has 7 nitrogen and oxygen atoms in total. The predicted molar refractivity (Wildman–Crippen MR) is 115 cm³/mol. The summed E-state index contributed by atoms with van der Waals surface area (Å²) in [4.78, 5) is 38.2. The molecular formula is C22H20N2O5S. The number of carbonyl (C=O) groups excluding carboxylic acids is 3. The molecule has 0 atom stereocenters. The van der Waals surface area contributed by atoms with Gasteiger partial charge in [-0.1, -0.05) is 18.2 Å². The standard InChI is InChI=1S/C22H20N2O5S/c1-3-29-22(28)17-13(2)18(20(27)23-15-7-5-4-6-8-15)30-21(17)24-19(26)14-9-11-16(25)12-10-14/h4-12,25H,3H2,1-2H3,(H,23,27)(H,24,26). The van der Waals surface area contributed by atoms with E-state index < -0.39 is 11.9 Å². The topological polar surface area (TPSA) is 105 Å². The lowest BCUT2D eigenvalue weighted by Gasteiger charge is -2.07. The van der Waals surface area contributed by atoms with Crippen molar-refractivity contribution >= 4 is 39.8 Å². The molecule has 2 amide bonds. The van der Waals surface area contributed by atoms with Gasteiger partial charge in [0.1, 0.15) is 10.8 Å². The first-order valence-electron chi connectivity index (χ1n) is 9.18. The molecule has 1 heterocycles. The van der Waals surface area contributed by atoms with E-state index in [4.69, 9.17) is 4.74 Å². The predicted octanol–water partition coefficient (Wildman–Crippen LogP) is 4.44. The molecule has 0 aliphatic rings. The number of para-hydroxylation sites is 1. The maximum Gasteiger partial charge on any atom is 0.341 e. The average molecular weight is 424 g/mol. The van der Waals surface area contributed by atoms with Gasteiger partial charge in [-0.25, -0.2) is 4.79 Å². The highest BCUT2D eigenvalue weighted by Crippen LogP contribution is 2.34. The van der Waals surface area contributed by atoms with Gasteiger partial charge in [-0.3, -0.25) is 9.59 Å². The summed E-state index contributed by atoms with van der Waals surface area (Å²) in [6.45, 7) is 3.47. The van der Waals surface area contributed by atoms with Crippen LogP contribution in [0.5, 0.6) is 5.75 Å². The monoisotopic (exact) mass is 424 g/mol. The zero-order chi connectivity index (χ0) is 21.7. The third kappa shape index (κ3) is 4.66. The van der Waals surface area contributed by atoms with Gasteiger partial charge < -0.3 is 20.5 Å². The fourth-order valence-electron chi connectivity index (χ4n) is 2.76. The van der Waals surface area contributed by atoms with Gasteiger partial charge in [0.15, 0.2) is 0 Å². The maximum atomic E-state index is 12.8. The zero-order valence-electron chi connectivity index (χ0n) is 16.4. The summed E-state index contributed by atoms with van der Waals surface area (Å²) < 4.78 is 5.12. The molecule has 0 radical (unpaired) electrons. The minimum atomic E-state index is -0.619. The van der Waals surface area contributed by atoms with Crippen molar-refractivity contribution in [3.8, 4) is 5.75 Å². The quantitative estimate of drug-likeness (QED) is 0.507. The minimum Gasteiger partial charge on any atom is -0.508 e. The van der Waals surface area contributed by atoms with Gasteiger partial charge in [0.05, 0.1) is 17.0 Å². The summed E-state index contributed by atoms with van der Waals surface area (Å²) in [5.74, 6) is -1.45. The number of rotatable bonds is 6. The smallest absolute Gasteiger partial charge is 0.341 e. The second-order valence-corrected chi connectivity index (χ2v) is 7.32. The Morgan fingerprint density at radius 1 is 0.967 bits per heavy atom. The van der Waals surface area contributed by atoms with Gasteiger partial charge in [0.25, 0.3) is 11.8 Å². The molecular weight excluding hydrogens is 404 g/mol. The number of hydrogen-bond acceptors (Lipinski definition) is 6. The van der Waals surface area contributed by atoms with Crippen molar-refractivity contribution in [1.29, 1.82) is 0 Å². The van der Waals surface area contributed by atoms with Crippen LogP contribution in [0.15, 0.2) is 54.6 Å². The van der Waals surface area contributed by atoms with Crippen LogP contribution in [-0.4, -0.2) is 29.5 Å². The largest absolute Gasteiger partial charge is 0.508 e. The molecule has 0 fully saturated rings. The number of ether oxygens (including phenoxy) is 1. The van der Waals surface area contributed by atoms with E-state index in [2.05, 4.69) is 10.6 Å². The summed E-state index contributed by atoms with van der Waals surface area (Å²) >= 11 is 1.000. The number of anilines is 2. The molecule has 0 spiro atoms. The number of carbonyl (C=O) groups is 3. The fraction of sp³-hybridized carbons (Fsp3) is 0.136. The average Bonchev–Trinajstić information content (AvgIpc) is 3.05. The van der Waals surface area contributed by atoms with E-state index in [1.54, 1.807) is 38.1 Å². The third-order valence-corrected chi connectivity index (χ3v) is 5.43. The molecule has 2 aromatic carbocycles. The van der Waals surface area contributed by atoms with Crippen molar-refractivity contribution in [1.82, 2.24) is 0 Å². The van der Waals surface area contributed by atoms with Crippen molar-refractivity contribution < 1.29 is 24.2 Å². The molecule has 0 aliphatic heterocycles. The number of phenolic OH excluding ortho intramolecular Hbond substituents is 1. The van der Waals surface area contributed by atoms with Crippen molar-refractivity contribution in [2.45, 2.75) is 13.8 Å². The summed E-state index contributed by atoms with van der Waals surface area (Å²) in [5, 5.41) is 15.1. The number of aromatic hydroxyl groups is 1. The van der Waals surface area contributed by atoms with Crippen molar-refractivity contribution in [3.05, 3.63) is 76.2 Å². The van der Waals surface area contributed by atoms with Crippen LogP contribution in [0.1, 0.15) is 42.9 Å². The van der Waals surface area contributed by atoms with Crippen LogP contribution >= 0.6 is 11.3 Å². The van der Waals surface area contributed by atoms with Gasteiger partial charge in [0, 0.05) is 11.3 Å². The number of amides is 2. The summed E-state index contributed by atoms with van der Waals surface area (Å²) in [6.07, 6.45) is 0. The Hall–Kier alpha value is -3.65. The van der Waals surface area contributed by atoms with Crippen LogP contribution in [0.4, 0.5) is 10.7 Å². The summed E-state index contributed by atoms with van der Waals surface area (Å²) in [5.41, 5.74) is 1.48. The molecule has 0 saturated carbocycles. The summed E-state index contributed by atoms with van der Waals surface area (Å²) in [6, 6.07) is 14.6. The van der Waals surface area contributed by atoms with Gasteiger partial charge in [-0.2, -0.15) is 0 Å². The van der Waals surface area contributed by atoms with E-state index in [1.807, 2.05) is 6.07 Å². The van der Waals surface area contributed by atoms with Crippen LogP contribution in [0.25, 0.3) is 0 Å². The van der Waals surface area contributed by atoms with Crippen molar-refractivity contribution in [2.75, 3.05) is 17.2 Å². The van der Waals surface area contributed by atoms with E-state index in [0.29, 0.717) is 21.7 Å². The van der Waals surface area contributed by atoms with Gasteiger partial charge in [0.2, 0.25) is 0 Å². The van der Waals surface area contributed by atoms with Crippen LogP contribution in [0.3, 0.4) is 0 Å². The molecule has 8 heteroatoms.